The van der Waals surface area contributed by atoms with Crippen LogP contribution in [-0.2, 0) is 25.7 Å². The summed E-state index contributed by atoms with van der Waals surface area (Å²) in [5, 5.41) is 9.67. The second-order valence-electron chi connectivity index (χ2n) is 14.1. The Morgan fingerprint density at radius 1 is 0.927 bits per heavy atom. The van der Waals surface area contributed by atoms with E-state index in [1.54, 1.807) is 9.80 Å². The number of likely N-dealkylation sites (tertiary alicyclic amines) is 1. The number of amides is 3. The normalized spacial score (nSPS) is 31.7. The van der Waals surface area contributed by atoms with Crippen molar-refractivity contribution in [3.05, 3.63) is 60.2 Å². The van der Waals surface area contributed by atoms with E-state index in [2.05, 4.69) is 34.6 Å². The van der Waals surface area contributed by atoms with E-state index in [1.807, 2.05) is 66.5 Å². The number of fused-ring (bicyclic) bond motifs is 2. The van der Waals surface area contributed by atoms with Gasteiger partial charge in [0.25, 0.3) is 0 Å². The van der Waals surface area contributed by atoms with E-state index in [9.17, 15) is 19.5 Å². The second-order valence-corrected chi connectivity index (χ2v) is 14.1. The van der Waals surface area contributed by atoms with Gasteiger partial charge in [0.05, 0.1) is 17.4 Å². The monoisotopic (exact) mass is 563 g/mol. The van der Waals surface area contributed by atoms with E-state index in [0.717, 1.165) is 12.0 Å². The molecule has 1 aromatic carbocycles. The van der Waals surface area contributed by atoms with Gasteiger partial charge in [0, 0.05) is 38.3 Å². The van der Waals surface area contributed by atoms with Gasteiger partial charge in [-0.2, -0.15) is 0 Å². The fourth-order valence-corrected chi connectivity index (χ4v) is 7.94. The van der Waals surface area contributed by atoms with Gasteiger partial charge in [-0.15, -0.1) is 0 Å². The predicted octanol–water partition coefficient (Wildman–Crippen LogP) is 3.55. The summed E-state index contributed by atoms with van der Waals surface area (Å²) in [6, 6.07) is 8.90. The van der Waals surface area contributed by atoms with Crippen LogP contribution in [0, 0.1) is 17.3 Å². The Morgan fingerprint density at radius 3 is 2.27 bits per heavy atom. The molecule has 5 atom stereocenters. The summed E-state index contributed by atoms with van der Waals surface area (Å²) < 4.78 is 6.92. The van der Waals surface area contributed by atoms with Gasteiger partial charge in [0.2, 0.25) is 17.7 Å². The summed E-state index contributed by atoms with van der Waals surface area (Å²) >= 11 is 0. The molecular formula is C33H45N3O5. The second kappa shape index (κ2) is 10.4. The number of carbonyl (C=O) groups is 3. The SMILES string of the molecule is CC(C)(C)CC(C)(C)N1CC=C[C@]23O[C@]4(C)C=CCN(Cc5ccccc5)C(=O)[C@@H]4[C@H]2C(=O)N(CCCO)C3C1=O. The number of carbonyl (C=O) groups excluding carboxylic acids is 3. The molecule has 2 saturated heterocycles. The van der Waals surface area contributed by atoms with Gasteiger partial charge in [-0.3, -0.25) is 14.4 Å². The number of aliphatic hydroxyl groups is 1. The molecule has 0 radical (unpaired) electrons. The lowest BCUT2D eigenvalue weighted by atomic mass is 9.74. The number of hydrogen-bond acceptors (Lipinski definition) is 5. The van der Waals surface area contributed by atoms with Crippen molar-refractivity contribution >= 4 is 17.7 Å². The van der Waals surface area contributed by atoms with E-state index in [-0.39, 0.29) is 36.3 Å². The Balaban J connectivity index is 1.57. The molecule has 5 rings (SSSR count). The average molecular weight is 564 g/mol. The first-order valence-electron chi connectivity index (χ1n) is 14.9. The summed E-state index contributed by atoms with van der Waals surface area (Å²) in [7, 11) is 0. The van der Waals surface area contributed by atoms with Crippen molar-refractivity contribution in [2.45, 2.75) is 83.7 Å². The van der Waals surface area contributed by atoms with Crippen molar-refractivity contribution < 1.29 is 24.2 Å². The maximum absolute atomic E-state index is 14.6. The van der Waals surface area contributed by atoms with E-state index < -0.39 is 34.6 Å². The molecule has 4 heterocycles. The summed E-state index contributed by atoms with van der Waals surface area (Å²) in [4.78, 5) is 48.6. The Kier molecular flexibility index (Phi) is 7.48. The van der Waals surface area contributed by atoms with Crippen LogP contribution in [0.15, 0.2) is 54.6 Å². The number of benzene rings is 1. The number of hydrogen-bond donors (Lipinski definition) is 1. The number of rotatable bonds is 7. The highest BCUT2D eigenvalue weighted by molar-refractivity contribution is 6.00. The molecule has 0 saturated carbocycles. The first kappa shape index (κ1) is 29.5. The molecule has 8 heteroatoms. The molecule has 0 bridgehead atoms. The van der Waals surface area contributed by atoms with Crippen molar-refractivity contribution in [3.8, 4) is 0 Å². The van der Waals surface area contributed by atoms with Gasteiger partial charge in [-0.05, 0) is 44.6 Å². The molecule has 0 aromatic heterocycles. The third-order valence-corrected chi connectivity index (χ3v) is 9.11. The Labute approximate surface area is 244 Å². The quantitative estimate of drug-likeness (QED) is 0.513. The molecule has 8 nitrogen and oxygen atoms in total. The average Bonchev–Trinajstić information content (AvgIpc) is 3.14. The van der Waals surface area contributed by atoms with Crippen LogP contribution in [-0.4, -0.2) is 86.6 Å². The molecule has 1 spiro atoms. The molecule has 222 valence electrons. The molecule has 1 N–H and O–H groups in total. The highest BCUT2D eigenvalue weighted by Gasteiger charge is 2.74. The minimum Gasteiger partial charge on any atom is -0.396 e. The number of aliphatic hydroxyl groups excluding tert-OH is 1. The third-order valence-electron chi connectivity index (χ3n) is 9.11. The van der Waals surface area contributed by atoms with Gasteiger partial charge in [0.15, 0.2) is 0 Å². The van der Waals surface area contributed by atoms with Crippen LogP contribution in [0.25, 0.3) is 0 Å². The van der Waals surface area contributed by atoms with Crippen molar-refractivity contribution in [3.63, 3.8) is 0 Å². The maximum Gasteiger partial charge on any atom is 0.249 e. The number of nitrogens with zero attached hydrogens (tertiary/aromatic N) is 3. The molecule has 4 aliphatic heterocycles. The van der Waals surface area contributed by atoms with Crippen LogP contribution in [0.5, 0.6) is 0 Å². The molecular weight excluding hydrogens is 518 g/mol. The van der Waals surface area contributed by atoms with Crippen LogP contribution in [0.4, 0.5) is 0 Å². The first-order valence-corrected chi connectivity index (χ1v) is 14.9. The fraction of sp³-hybridized carbons (Fsp3) is 0.606. The molecule has 0 aliphatic carbocycles. The minimum absolute atomic E-state index is 0.0218. The van der Waals surface area contributed by atoms with Gasteiger partial charge in [-0.25, -0.2) is 0 Å². The van der Waals surface area contributed by atoms with E-state index in [1.165, 1.54) is 0 Å². The minimum atomic E-state index is -1.29. The van der Waals surface area contributed by atoms with E-state index in [0.29, 0.717) is 26.1 Å². The van der Waals surface area contributed by atoms with Crippen molar-refractivity contribution in [2.24, 2.45) is 17.3 Å². The van der Waals surface area contributed by atoms with Crippen LogP contribution in [0.1, 0.15) is 59.9 Å². The standard InChI is InChI=1S/C33H45N3O5/c1-30(2,3)22-31(4,5)36-19-11-16-33-25(28(39)35(18-12-20-37)26(33)29(36)40)24-27(38)34(17-10-15-32(24,6)41-33)21-23-13-8-7-9-14-23/h7-11,13-16,24-26,37H,12,17-22H2,1-6H3/t24-,25-,26?,32+,33-/m0/s1. The highest BCUT2D eigenvalue weighted by Crippen LogP contribution is 2.57. The zero-order valence-electron chi connectivity index (χ0n) is 25.3. The lowest BCUT2D eigenvalue weighted by molar-refractivity contribution is -0.156. The van der Waals surface area contributed by atoms with E-state index in [4.69, 9.17) is 4.74 Å². The van der Waals surface area contributed by atoms with Crippen molar-refractivity contribution in [1.29, 1.82) is 0 Å². The van der Waals surface area contributed by atoms with Gasteiger partial charge >= 0.3 is 0 Å². The molecule has 1 unspecified atom stereocenters. The highest BCUT2D eigenvalue weighted by atomic mass is 16.5. The maximum atomic E-state index is 14.6. The summed E-state index contributed by atoms with van der Waals surface area (Å²) in [6.45, 7) is 13.8. The van der Waals surface area contributed by atoms with Crippen LogP contribution in [0.2, 0.25) is 0 Å². The molecule has 4 aliphatic rings. The summed E-state index contributed by atoms with van der Waals surface area (Å²) in [5.41, 5.74) is -1.83. The predicted molar refractivity (Wildman–Crippen MR) is 156 cm³/mol. The fourth-order valence-electron chi connectivity index (χ4n) is 7.94. The van der Waals surface area contributed by atoms with Crippen molar-refractivity contribution in [2.75, 3.05) is 26.2 Å². The Morgan fingerprint density at radius 2 is 1.61 bits per heavy atom. The molecule has 41 heavy (non-hydrogen) atoms. The van der Waals surface area contributed by atoms with Crippen LogP contribution >= 0.6 is 0 Å². The largest absolute Gasteiger partial charge is 0.396 e. The zero-order valence-corrected chi connectivity index (χ0v) is 25.3. The lowest BCUT2D eigenvalue weighted by Crippen LogP contribution is -2.60. The summed E-state index contributed by atoms with van der Waals surface area (Å²) in [6.07, 6.45) is 8.81. The lowest BCUT2D eigenvalue weighted by Gasteiger charge is -2.44. The first-order chi connectivity index (χ1) is 19.2. The smallest absolute Gasteiger partial charge is 0.249 e. The Bertz CT molecular complexity index is 1250. The van der Waals surface area contributed by atoms with Gasteiger partial charge in [-0.1, -0.05) is 75.4 Å². The van der Waals surface area contributed by atoms with Gasteiger partial charge in [0.1, 0.15) is 11.6 Å². The molecule has 2 fully saturated rings. The van der Waals surface area contributed by atoms with Gasteiger partial charge < -0.3 is 24.5 Å². The topological polar surface area (TPSA) is 90.4 Å². The zero-order chi connectivity index (χ0) is 29.8. The molecule has 3 amide bonds. The number of ether oxygens (including phenoxy) is 1. The van der Waals surface area contributed by atoms with E-state index >= 15 is 0 Å². The molecule has 1 aromatic rings. The van der Waals surface area contributed by atoms with Crippen molar-refractivity contribution in [1.82, 2.24) is 14.7 Å². The summed E-state index contributed by atoms with van der Waals surface area (Å²) in [5.74, 6) is -2.21. The van der Waals surface area contributed by atoms with Crippen LogP contribution in [0.3, 0.4) is 0 Å². The third kappa shape index (κ3) is 5.03. The Hall–Kier alpha value is -2.97. The van der Waals surface area contributed by atoms with Crippen LogP contribution < -0.4 is 0 Å².